The van der Waals surface area contributed by atoms with E-state index in [9.17, 15) is 9.18 Å². The molecule has 0 saturated carbocycles. The molecule has 4 nitrogen and oxygen atoms in total. The van der Waals surface area contributed by atoms with Crippen LogP contribution in [0.3, 0.4) is 0 Å². The number of nitrogens with zero attached hydrogens (tertiary/aromatic N) is 1. The summed E-state index contributed by atoms with van der Waals surface area (Å²) in [7, 11) is 0. The van der Waals surface area contributed by atoms with Gasteiger partial charge in [-0.05, 0) is 30.4 Å². The number of hydrogen-bond acceptors (Lipinski definition) is 3. The van der Waals surface area contributed by atoms with Crippen molar-refractivity contribution in [3.05, 3.63) is 29.6 Å². The first-order chi connectivity index (χ1) is 9.35. The van der Waals surface area contributed by atoms with Gasteiger partial charge in [0.1, 0.15) is 17.4 Å². The second-order valence-electron chi connectivity index (χ2n) is 5.51. The van der Waals surface area contributed by atoms with Crippen molar-refractivity contribution in [1.82, 2.24) is 0 Å². The van der Waals surface area contributed by atoms with E-state index in [-0.39, 0.29) is 17.4 Å². The number of halogens is 1. The molecule has 0 amide bonds. The van der Waals surface area contributed by atoms with E-state index >= 15 is 0 Å². The first-order valence-corrected chi connectivity index (χ1v) is 6.50. The van der Waals surface area contributed by atoms with E-state index in [1.807, 2.05) is 19.9 Å². The number of aliphatic carboxylic acids is 1. The predicted molar refractivity (Wildman–Crippen MR) is 74.9 cm³/mol. The molecule has 1 rings (SSSR count). The van der Waals surface area contributed by atoms with Crippen LogP contribution < -0.4 is 5.32 Å². The number of carboxylic acid groups (broad SMARTS) is 1. The van der Waals surface area contributed by atoms with E-state index in [1.54, 1.807) is 12.1 Å². The van der Waals surface area contributed by atoms with Crippen molar-refractivity contribution >= 4 is 11.7 Å². The Kier molecular flexibility index (Phi) is 5.51. The third-order valence-electron chi connectivity index (χ3n) is 3.26. The molecule has 20 heavy (non-hydrogen) atoms. The van der Waals surface area contributed by atoms with Crippen molar-refractivity contribution in [2.45, 2.75) is 33.1 Å². The van der Waals surface area contributed by atoms with E-state index in [0.29, 0.717) is 18.7 Å². The minimum atomic E-state index is -0.803. The molecule has 0 aliphatic rings. The highest BCUT2D eigenvalue weighted by Crippen LogP contribution is 2.27. The molecule has 0 fully saturated rings. The largest absolute Gasteiger partial charge is 0.481 e. The minimum absolute atomic E-state index is 0.0100. The molecule has 0 atom stereocenters. The highest BCUT2D eigenvalue weighted by atomic mass is 19.1. The molecular formula is C15H19FN2O2. The average Bonchev–Trinajstić information content (AvgIpc) is 2.37. The van der Waals surface area contributed by atoms with Crippen LogP contribution in [0, 0.1) is 22.6 Å². The number of carboxylic acids is 1. The maximum Gasteiger partial charge on any atom is 0.303 e. The number of benzene rings is 1. The van der Waals surface area contributed by atoms with Crippen molar-refractivity contribution < 1.29 is 14.3 Å². The van der Waals surface area contributed by atoms with Crippen LogP contribution >= 0.6 is 0 Å². The standard InChI is InChI=1S/C15H19FN2O2/c1-15(2,7-6-14(19)20)8-9-18-13-5-3-4-12(16)11(13)10-17/h3-5,18H,6-9H2,1-2H3,(H,19,20). The molecule has 1 aromatic carbocycles. The minimum Gasteiger partial charge on any atom is -0.481 e. The summed E-state index contributed by atoms with van der Waals surface area (Å²) < 4.78 is 13.4. The monoisotopic (exact) mass is 278 g/mol. The van der Waals surface area contributed by atoms with Gasteiger partial charge in [-0.1, -0.05) is 19.9 Å². The summed E-state index contributed by atoms with van der Waals surface area (Å²) in [6.07, 6.45) is 1.45. The lowest BCUT2D eigenvalue weighted by atomic mass is 9.84. The Morgan fingerprint density at radius 2 is 2.15 bits per heavy atom. The van der Waals surface area contributed by atoms with Crippen LogP contribution in [0.4, 0.5) is 10.1 Å². The zero-order valence-electron chi connectivity index (χ0n) is 11.7. The quantitative estimate of drug-likeness (QED) is 0.801. The molecule has 0 aliphatic heterocycles. The lowest BCUT2D eigenvalue weighted by Gasteiger charge is -2.24. The molecule has 1 aromatic rings. The highest BCUT2D eigenvalue weighted by Gasteiger charge is 2.19. The Labute approximate surface area is 118 Å². The maximum atomic E-state index is 13.4. The van der Waals surface area contributed by atoms with Crippen LogP contribution in [0.1, 0.15) is 38.7 Å². The van der Waals surface area contributed by atoms with Crippen LogP contribution in [0.25, 0.3) is 0 Å². The summed E-state index contributed by atoms with van der Waals surface area (Å²) in [4.78, 5) is 10.6. The molecule has 0 aliphatic carbocycles. The SMILES string of the molecule is CC(C)(CCNc1cccc(F)c1C#N)CCC(=O)O. The van der Waals surface area contributed by atoms with Crippen molar-refractivity contribution in [3.8, 4) is 6.07 Å². The predicted octanol–water partition coefficient (Wildman–Crippen LogP) is 3.39. The molecule has 0 saturated heterocycles. The van der Waals surface area contributed by atoms with Gasteiger partial charge in [-0.15, -0.1) is 0 Å². The van der Waals surface area contributed by atoms with Gasteiger partial charge < -0.3 is 10.4 Å². The molecular weight excluding hydrogens is 259 g/mol. The van der Waals surface area contributed by atoms with E-state index < -0.39 is 11.8 Å². The summed E-state index contributed by atoms with van der Waals surface area (Å²) >= 11 is 0. The fourth-order valence-electron chi connectivity index (χ4n) is 1.89. The molecule has 0 spiro atoms. The van der Waals surface area contributed by atoms with Crippen molar-refractivity contribution in [3.63, 3.8) is 0 Å². The van der Waals surface area contributed by atoms with Crippen LogP contribution in [-0.2, 0) is 4.79 Å². The van der Waals surface area contributed by atoms with E-state index in [0.717, 1.165) is 6.42 Å². The van der Waals surface area contributed by atoms with Gasteiger partial charge in [0, 0.05) is 13.0 Å². The Bertz CT molecular complexity index is 521. The van der Waals surface area contributed by atoms with Crippen LogP contribution in [0.5, 0.6) is 0 Å². The summed E-state index contributed by atoms with van der Waals surface area (Å²) in [6.45, 7) is 4.55. The maximum absolute atomic E-state index is 13.4. The first kappa shape index (κ1) is 16.0. The number of hydrogen-bond donors (Lipinski definition) is 2. The van der Waals surface area contributed by atoms with Gasteiger partial charge >= 0.3 is 5.97 Å². The van der Waals surface area contributed by atoms with Gasteiger partial charge in [0.25, 0.3) is 0 Å². The summed E-state index contributed by atoms with van der Waals surface area (Å²) in [6, 6.07) is 6.30. The zero-order valence-corrected chi connectivity index (χ0v) is 11.7. The van der Waals surface area contributed by atoms with Gasteiger partial charge in [0.05, 0.1) is 5.69 Å². The number of carbonyl (C=O) groups is 1. The van der Waals surface area contributed by atoms with Crippen LogP contribution in [0.15, 0.2) is 18.2 Å². The lowest BCUT2D eigenvalue weighted by Crippen LogP contribution is -2.18. The first-order valence-electron chi connectivity index (χ1n) is 6.50. The Morgan fingerprint density at radius 3 is 2.75 bits per heavy atom. The van der Waals surface area contributed by atoms with E-state index in [2.05, 4.69) is 5.32 Å². The van der Waals surface area contributed by atoms with Crippen LogP contribution in [0.2, 0.25) is 0 Å². The number of nitrogens with one attached hydrogen (secondary N) is 1. The molecule has 5 heteroatoms. The smallest absolute Gasteiger partial charge is 0.303 e. The lowest BCUT2D eigenvalue weighted by molar-refractivity contribution is -0.137. The zero-order chi connectivity index (χ0) is 15.2. The summed E-state index contributed by atoms with van der Waals surface area (Å²) in [5.74, 6) is -1.34. The average molecular weight is 278 g/mol. The topological polar surface area (TPSA) is 73.1 Å². The van der Waals surface area contributed by atoms with E-state index in [4.69, 9.17) is 10.4 Å². The number of nitriles is 1. The van der Waals surface area contributed by atoms with Gasteiger partial charge in [0.15, 0.2) is 0 Å². The number of anilines is 1. The van der Waals surface area contributed by atoms with Gasteiger partial charge in [0.2, 0.25) is 0 Å². The third kappa shape index (κ3) is 4.88. The second-order valence-corrected chi connectivity index (χ2v) is 5.51. The Morgan fingerprint density at radius 1 is 1.45 bits per heavy atom. The van der Waals surface area contributed by atoms with Crippen molar-refractivity contribution in [2.75, 3.05) is 11.9 Å². The second kappa shape index (κ2) is 6.90. The summed E-state index contributed by atoms with van der Waals surface area (Å²) in [5.41, 5.74) is 0.364. The molecule has 0 radical (unpaired) electrons. The molecule has 0 heterocycles. The molecule has 0 bridgehead atoms. The van der Waals surface area contributed by atoms with Crippen molar-refractivity contribution in [2.24, 2.45) is 5.41 Å². The van der Waals surface area contributed by atoms with Crippen LogP contribution in [-0.4, -0.2) is 17.6 Å². The fraction of sp³-hybridized carbons (Fsp3) is 0.467. The van der Waals surface area contributed by atoms with Crippen molar-refractivity contribution in [1.29, 1.82) is 5.26 Å². The molecule has 2 N–H and O–H groups in total. The normalized spacial score (nSPS) is 10.9. The van der Waals surface area contributed by atoms with Gasteiger partial charge in [-0.3, -0.25) is 4.79 Å². The van der Waals surface area contributed by atoms with E-state index in [1.165, 1.54) is 6.07 Å². The molecule has 0 aromatic heterocycles. The van der Waals surface area contributed by atoms with Gasteiger partial charge in [-0.2, -0.15) is 5.26 Å². The molecule has 108 valence electrons. The molecule has 0 unspecified atom stereocenters. The third-order valence-corrected chi connectivity index (χ3v) is 3.26. The fourth-order valence-corrected chi connectivity index (χ4v) is 1.89. The highest BCUT2D eigenvalue weighted by molar-refractivity contribution is 5.66. The Hall–Kier alpha value is -2.09. The summed E-state index contributed by atoms with van der Waals surface area (Å²) in [5, 5.41) is 20.6. The number of rotatable bonds is 7. The van der Waals surface area contributed by atoms with Gasteiger partial charge in [-0.25, -0.2) is 4.39 Å². The Balaban J connectivity index is 2.55.